The molecule has 0 aromatic rings. The van der Waals surface area contributed by atoms with Crippen LogP contribution in [0.3, 0.4) is 0 Å². The molecule has 0 saturated carbocycles. The second-order valence-corrected chi connectivity index (χ2v) is 1.09. The molecule has 0 atom stereocenters. The smallest absolute Gasteiger partial charge is 0.418 e. The van der Waals surface area contributed by atoms with Gasteiger partial charge >= 0.3 is 13.2 Å². The highest BCUT2D eigenvalue weighted by Gasteiger charge is 2.20. The molecule has 10 heavy (non-hydrogen) atoms. The van der Waals surface area contributed by atoms with E-state index in [1.54, 1.807) is 0 Å². The Morgan fingerprint density at radius 1 is 1.10 bits per heavy atom. The standard InChI is InChI=1S/CH6N4.BF4/c2-1(3)5-4;2-1(3,4)5/h4H2,(H4,2,3,5);/q;-1/p+1. The van der Waals surface area contributed by atoms with Crippen molar-refractivity contribution >= 4 is 13.2 Å². The molecule has 0 aromatic heterocycles. The third kappa shape index (κ3) is 322. The van der Waals surface area contributed by atoms with E-state index in [1.165, 1.54) is 0 Å². The minimum Gasteiger partial charge on any atom is -0.418 e. The van der Waals surface area contributed by atoms with Crippen LogP contribution in [0.4, 0.5) is 17.3 Å². The van der Waals surface area contributed by atoms with Crippen molar-refractivity contribution in [3.05, 3.63) is 0 Å². The fourth-order valence-corrected chi connectivity index (χ4v) is 0. The molecule has 0 radical (unpaired) electrons. The maximum atomic E-state index is 9.75. The van der Waals surface area contributed by atoms with Gasteiger partial charge in [-0.1, -0.05) is 0 Å². The molecule has 0 aromatic carbocycles. The maximum Gasteiger partial charge on any atom is 0.673 e. The summed E-state index contributed by atoms with van der Waals surface area (Å²) in [6, 6.07) is 0. The molecule has 0 bridgehead atoms. The van der Waals surface area contributed by atoms with Crippen molar-refractivity contribution in [3.8, 4) is 0 Å². The fourth-order valence-electron chi connectivity index (χ4n) is 0. The van der Waals surface area contributed by atoms with E-state index < -0.39 is 7.25 Å². The Bertz CT molecular complexity index is 98.3. The SMILES string of the molecule is F[B-](F)(F)F.N[NH+]=C(N)N. The fraction of sp³-hybridized carbons (Fsp3) is 0. The van der Waals surface area contributed by atoms with Gasteiger partial charge in [-0.15, -0.1) is 0 Å². The number of guanidine groups is 1. The van der Waals surface area contributed by atoms with Crippen LogP contribution in [0.25, 0.3) is 0 Å². The van der Waals surface area contributed by atoms with E-state index in [0.29, 0.717) is 0 Å². The number of halogens is 4. The lowest BCUT2D eigenvalue weighted by atomic mass is 10.3. The quantitative estimate of drug-likeness (QED) is 0.0792. The molecule has 0 unspecified atom stereocenters. The Hall–Kier alpha value is -1.15. The van der Waals surface area contributed by atoms with Crippen LogP contribution in [-0.4, -0.2) is 13.2 Å². The molecule has 0 amide bonds. The lowest BCUT2D eigenvalue weighted by Gasteiger charge is -1.94. The van der Waals surface area contributed by atoms with Crippen LogP contribution >= 0.6 is 0 Å². The molecular weight excluding hydrogens is 155 g/mol. The van der Waals surface area contributed by atoms with E-state index in [2.05, 4.69) is 5.84 Å². The number of nitrogens with two attached hydrogens (primary N) is 3. The predicted octanol–water partition coefficient (Wildman–Crippen LogP) is -2.49. The van der Waals surface area contributed by atoms with Gasteiger partial charge < -0.3 is 17.3 Å². The van der Waals surface area contributed by atoms with E-state index >= 15 is 0 Å². The topological polar surface area (TPSA) is 92.0 Å². The lowest BCUT2D eigenvalue weighted by molar-refractivity contribution is -0.471. The van der Waals surface area contributed by atoms with Crippen LogP contribution < -0.4 is 22.4 Å². The summed E-state index contributed by atoms with van der Waals surface area (Å²) < 4.78 is 39.0. The predicted molar refractivity (Wildman–Crippen MR) is 28.7 cm³/mol. The molecule has 0 saturated heterocycles. The summed E-state index contributed by atoms with van der Waals surface area (Å²) in [4.78, 5) is 0. The van der Waals surface area contributed by atoms with Gasteiger partial charge in [0, 0.05) is 0 Å². The second kappa shape index (κ2) is 4.71. The number of hydrazone groups is 1. The lowest BCUT2D eigenvalue weighted by Crippen LogP contribution is -2.84. The first kappa shape index (κ1) is 11.6. The van der Waals surface area contributed by atoms with Crippen molar-refractivity contribution in [1.29, 1.82) is 0 Å². The molecule has 62 valence electrons. The van der Waals surface area contributed by atoms with Crippen molar-refractivity contribution < 1.29 is 22.4 Å². The third-order valence-electron chi connectivity index (χ3n) is 0.167. The van der Waals surface area contributed by atoms with Gasteiger partial charge in [-0.05, 0) is 0 Å². The first-order valence-electron chi connectivity index (χ1n) is 1.99. The molecule has 0 fully saturated rings. The molecule has 9 heteroatoms. The van der Waals surface area contributed by atoms with E-state index in [4.69, 9.17) is 11.5 Å². The minimum atomic E-state index is -6.00. The zero-order valence-electron chi connectivity index (χ0n) is 4.82. The summed E-state index contributed by atoms with van der Waals surface area (Å²) in [5.74, 6) is 4.67. The molecule has 0 aliphatic rings. The Balaban J connectivity index is 0. The van der Waals surface area contributed by atoms with Crippen LogP contribution in [-0.2, 0) is 0 Å². The van der Waals surface area contributed by atoms with Crippen molar-refractivity contribution in [3.63, 3.8) is 0 Å². The van der Waals surface area contributed by atoms with Crippen LogP contribution in [0.5, 0.6) is 0 Å². The van der Waals surface area contributed by atoms with Gasteiger partial charge in [0.1, 0.15) is 0 Å². The molecule has 0 heterocycles. The number of hydrazine groups is 1. The molecular formula is CH7BF4N4. The van der Waals surface area contributed by atoms with Gasteiger partial charge in [-0.25, -0.2) is 0 Å². The summed E-state index contributed by atoms with van der Waals surface area (Å²) in [5.41, 5.74) is 9.50. The Morgan fingerprint density at radius 3 is 1.20 bits per heavy atom. The monoisotopic (exact) mass is 162 g/mol. The largest absolute Gasteiger partial charge is 0.673 e. The van der Waals surface area contributed by atoms with Gasteiger partial charge in [0.2, 0.25) is 0 Å². The molecule has 0 aliphatic heterocycles. The van der Waals surface area contributed by atoms with Crippen LogP contribution in [0.1, 0.15) is 0 Å². The van der Waals surface area contributed by atoms with E-state index in [1.807, 2.05) is 5.10 Å². The third-order valence-corrected chi connectivity index (χ3v) is 0.167. The van der Waals surface area contributed by atoms with Crippen LogP contribution in [0.2, 0.25) is 0 Å². The Morgan fingerprint density at radius 2 is 1.20 bits per heavy atom. The number of nitrogens with one attached hydrogen (secondary N) is 1. The summed E-state index contributed by atoms with van der Waals surface area (Å²) in [5, 5.41) is 2.00. The first-order chi connectivity index (χ1) is 4.27. The van der Waals surface area contributed by atoms with E-state index in [-0.39, 0.29) is 5.96 Å². The second-order valence-electron chi connectivity index (χ2n) is 1.09. The average Bonchev–Trinajstić information content (AvgIpc) is 1.61. The Labute approximate surface area is 54.1 Å². The number of hydrogen-bond donors (Lipinski definition) is 4. The summed E-state index contributed by atoms with van der Waals surface area (Å²) in [6.07, 6.45) is 0. The van der Waals surface area contributed by atoms with Gasteiger partial charge in [0.05, 0.1) is 0 Å². The molecule has 7 N–H and O–H groups in total. The molecule has 0 spiro atoms. The minimum absolute atomic E-state index is 0.0324. The van der Waals surface area contributed by atoms with E-state index in [0.717, 1.165) is 0 Å². The van der Waals surface area contributed by atoms with Crippen molar-refractivity contribution in [2.75, 3.05) is 0 Å². The molecule has 0 rings (SSSR count). The highest BCUT2D eigenvalue weighted by Crippen LogP contribution is 2.06. The van der Waals surface area contributed by atoms with Crippen molar-refractivity contribution in [1.82, 2.24) is 0 Å². The Kier molecular flexibility index (Phi) is 5.47. The van der Waals surface area contributed by atoms with Crippen LogP contribution in [0.15, 0.2) is 0 Å². The summed E-state index contributed by atoms with van der Waals surface area (Å²) in [7, 11) is -6.00. The normalized spacial score (nSPS) is 9.20. The zero-order chi connectivity index (χ0) is 8.78. The van der Waals surface area contributed by atoms with E-state index in [9.17, 15) is 17.3 Å². The van der Waals surface area contributed by atoms with Crippen molar-refractivity contribution in [2.45, 2.75) is 0 Å². The van der Waals surface area contributed by atoms with Gasteiger partial charge in [-0.2, -0.15) is 5.10 Å². The molecule has 4 nitrogen and oxygen atoms in total. The first-order valence-corrected chi connectivity index (χ1v) is 1.99. The average molecular weight is 162 g/mol. The zero-order valence-corrected chi connectivity index (χ0v) is 4.82. The van der Waals surface area contributed by atoms with Gasteiger partial charge in [0.25, 0.3) is 0 Å². The van der Waals surface area contributed by atoms with Crippen molar-refractivity contribution in [2.24, 2.45) is 17.3 Å². The number of rotatable bonds is 0. The van der Waals surface area contributed by atoms with Gasteiger partial charge in [0.15, 0.2) is 0 Å². The maximum absolute atomic E-state index is 9.75. The number of hydrogen-bond acceptors (Lipinski definition) is 1. The summed E-state index contributed by atoms with van der Waals surface area (Å²) >= 11 is 0. The molecule has 0 aliphatic carbocycles. The highest BCUT2D eigenvalue weighted by molar-refractivity contribution is 6.50. The van der Waals surface area contributed by atoms with Crippen LogP contribution in [0, 0.1) is 0 Å². The van der Waals surface area contributed by atoms with Gasteiger partial charge in [-0.3, -0.25) is 17.3 Å². The highest BCUT2D eigenvalue weighted by atomic mass is 19.5. The summed E-state index contributed by atoms with van der Waals surface area (Å²) in [6.45, 7) is 0.